The third kappa shape index (κ3) is 4.33. The number of ether oxygens (including phenoxy) is 1. The van der Waals surface area contributed by atoms with Crippen LogP contribution in [0.5, 0.6) is 5.88 Å². The van der Waals surface area contributed by atoms with Gasteiger partial charge in [0.15, 0.2) is 0 Å². The molecule has 0 spiro atoms. The van der Waals surface area contributed by atoms with Gasteiger partial charge >= 0.3 is 6.18 Å². The van der Waals surface area contributed by atoms with Crippen molar-refractivity contribution in [2.45, 2.75) is 26.1 Å². The van der Waals surface area contributed by atoms with Gasteiger partial charge in [0.1, 0.15) is 5.56 Å². The number of hydrogen-bond acceptors (Lipinski definition) is 4. The van der Waals surface area contributed by atoms with E-state index in [4.69, 9.17) is 4.74 Å². The van der Waals surface area contributed by atoms with Crippen LogP contribution in [0.4, 0.5) is 24.8 Å². The zero-order valence-electron chi connectivity index (χ0n) is 11.8. The van der Waals surface area contributed by atoms with Crippen molar-refractivity contribution in [2.24, 2.45) is 0 Å². The summed E-state index contributed by atoms with van der Waals surface area (Å²) in [7, 11) is 0. The molecule has 22 heavy (non-hydrogen) atoms. The largest absolute Gasteiger partial charge is 0.474 e. The van der Waals surface area contributed by atoms with Gasteiger partial charge < -0.3 is 10.1 Å². The van der Waals surface area contributed by atoms with Crippen LogP contribution >= 0.6 is 15.9 Å². The van der Waals surface area contributed by atoms with Gasteiger partial charge in [0.2, 0.25) is 11.8 Å². The minimum Gasteiger partial charge on any atom is -0.474 e. The van der Waals surface area contributed by atoms with E-state index in [0.717, 1.165) is 4.47 Å². The Hall–Kier alpha value is -1.83. The first-order chi connectivity index (χ1) is 10.3. The van der Waals surface area contributed by atoms with E-state index in [9.17, 15) is 13.2 Å². The van der Waals surface area contributed by atoms with Crippen LogP contribution in [0.1, 0.15) is 19.4 Å². The molecule has 2 aromatic rings. The smallest absolute Gasteiger partial charge is 0.423 e. The van der Waals surface area contributed by atoms with Crippen LogP contribution in [0, 0.1) is 0 Å². The van der Waals surface area contributed by atoms with Crippen LogP contribution in [0.25, 0.3) is 0 Å². The lowest BCUT2D eigenvalue weighted by molar-refractivity contribution is -0.139. The Bertz CT molecular complexity index is 662. The minimum absolute atomic E-state index is 0.0294. The standard InChI is InChI=1S/C14H13BrF3N3O/c1-8(2)22-12-11(14(16,17)18)7-19-13(21-12)20-10-5-3-4-9(15)6-10/h3-8H,1-2H3,(H,19,20,21). The van der Waals surface area contributed by atoms with Gasteiger partial charge in [-0.2, -0.15) is 18.2 Å². The highest BCUT2D eigenvalue weighted by Gasteiger charge is 2.36. The molecule has 1 aromatic heterocycles. The zero-order valence-corrected chi connectivity index (χ0v) is 13.4. The van der Waals surface area contributed by atoms with Crippen molar-refractivity contribution in [2.75, 3.05) is 5.32 Å². The molecule has 0 saturated heterocycles. The third-order valence-corrected chi connectivity index (χ3v) is 2.98. The number of alkyl halides is 3. The second-order valence-corrected chi connectivity index (χ2v) is 5.63. The highest BCUT2D eigenvalue weighted by atomic mass is 79.9. The van der Waals surface area contributed by atoms with Crippen LogP contribution in [-0.4, -0.2) is 16.1 Å². The summed E-state index contributed by atoms with van der Waals surface area (Å²) in [4.78, 5) is 7.53. The Morgan fingerprint density at radius 2 is 2.00 bits per heavy atom. The lowest BCUT2D eigenvalue weighted by Crippen LogP contribution is -2.15. The maximum atomic E-state index is 12.9. The first kappa shape index (κ1) is 16.5. The molecule has 2 rings (SSSR count). The first-order valence-electron chi connectivity index (χ1n) is 6.39. The number of aromatic nitrogens is 2. The Kier molecular flexibility index (Phi) is 4.90. The minimum atomic E-state index is -4.57. The summed E-state index contributed by atoms with van der Waals surface area (Å²) in [5.41, 5.74) is -0.356. The molecule has 0 unspecified atom stereocenters. The molecule has 118 valence electrons. The molecule has 0 aliphatic carbocycles. The third-order valence-electron chi connectivity index (χ3n) is 2.49. The molecular weight excluding hydrogens is 363 g/mol. The van der Waals surface area contributed by atoms with Gasteiger partial charge in [0.25, 0.3) is 0 Å². The maximum absolute atomic E-state index is 12.9. The molecule has 1 heterocycles. The van der Waals surface area contributed by atoms with E-state index in [2.05, 4.69) is 31.2 Å². The van der Waals surface area contributed by atoms with E-state index in [-0.39, 0.29) is 5.95 Å². The summed E-state index contributed by atoms with van der Waals surface area (Å²) in [5, 5.41) is 2.84. The normalized spacial score (nSPS) is 11.6. The number of rotatable bonds is 4. The van der Waals surface area contributed by atoms with Crippen LogP contribution in [0.15, 0.2) is 34.9 Å². The molecule has 1 N–H and O–H groups in total. The molecule has 0 saturated carbocycles. The van der Waals surface area contributed by atoms with Gasteiger partial charge in [-0.1, -0.05) is 22.0 Å². The van der Waals surface area contributed by atoms with Crippen molar-refractivity contribution in [1.82, 2.24) is 9.97 Å². The lowest BCUT2D eigenvalue weighted by atomic mass is 10.3. The predicted molar refractivity (Wildman–Crippen MR) is 80.2 cm³/mol. The Morgan fingerprint density at radius 1 is 1.27 bits per heavy atom. The fourth-order valence-electron chi connectivity index (χ4n) is 1.63. The number of hydrogen-bond donors (Lipinski definition) is 1. The molecule has 0 amide bonds. The molecule has 0 fully saturated rings. The zero-order chi connectivity index (χ0) is 16.3. The molecule has 4 nitrogen and oxygen atoms in total. The summed E-state index contributed by atoms with van der Waals surface area (Å²) in [6.07, 6.45) is -4.29. The average molecular weight is 376 g/mol. The molecule has 1 aromatic carbocycles. The lowest BCUT2D eigenvalue weighted by Gasteiger charge is -2.15. The molecule has 0 radical (unpaired) electrons. The monoisotopic (exact) mass is 375 g/mol. The Balaban J connectivity index is 2.34. The van der Waals surface area contributed by atoms with Gasteiger partial charge in [0, 0.05) is 16.4 Å². The summed E-state index contributed by atoms with van der Waals surface area (Å²) >= 11 is 3.31. The predicted octanol–water partition coefficient (Wildman–Crippen LogP) is 4.79. The van der Waals surface area contributed by atoms with Crippen molar-refractivity contribution in [3.8, 4) is 5.88 Å². The van der Waals surface area contributed by atoms with E-state index in [0.29, 0.717) is 11.9 Å². The number of benzene rings is 1. The van der Waals surface area contributed by atoms with Gasteiger partial charge in [0.05, 0.1) is 6.10 Å². The van der Waals surface area contributed by atoms with Crippen molar-refractivity contribution in [3.63, 3.8) is 0 Å². The Morgan fingerprint density at radius 3 is 2.59 bits per heavy atom. The summed E-state index contributed by atoms with van der Waals surface area (Å²) in [6.45, 7) is 3.26. The van der Waals surface area contributed by atoms with E-state index < -0.39 is 23.7 Å². The molecule has 8 heteroatoms. The van der Waals surface area contributed by atoms with Crippen molar-refractivity contribution in [1.29, 1.82) is 0 Å². The summed E-state index contributed by atoms with van der Waals surface area (Å²) in [5.74, 6) is -0.461. The van der Waals surface area contributed by atoms with E-state index in [1.807, 2.05) is 6.07 Å². The fourth-order valence-corrected chi connectivity index (χ4v) is 2.03. The Labute approximate surface area is 133 Å². The van der Waals surface area contributed by atoms with Gasteiger partial charge in [-0.05, 0) is 32.0 Å². The molecular formula is C14H13BrF3N3O. The first-order valence-corrected chi connectivity index (χ1v) is 7.18. The quantitative estimate of drug-likeness (QED) is 0.834. The second kappa shape index (κ2) is 6.51. The number of nitrogens with zero attached hydrogens (tertiary/aromatic N) is 2. The average Bonchev–Trinajstić information content (AvgIpc) is 2.36. The van der Waals surface area contributed by atoms with Crippen LogP contribution < -0.4 is 10.1 Å². The second-order valence-electron chi connectivity index (χ2n) is 4.71. The van der Waals surface area contributed by atoms with Gasteiger partial charge in [-0.3, -0.25) is 0 Å². The number of anilines is 2. The van der Waals surface area contributed by atoms with Gasteiger partial charge in [-0.25, -0.2) is 4.98 Å². The fraction of sp³-hybridized carbons (Fsp3) is 0.286. The maximum Gasteiger partial charge on any atom is 0.423 e. The summed E-state index contributed by atoms with van der Waals surface area (Å²) < 4.78 is 44.7. The van der Waals surface area contributed by atoms with Crippen molar-refractivity contribution >= 4 is 27.6 Å². The van der Waals surface area contributed by atoms with E-state index in [1.165, 1.54) is 0 Å². The van der Waals surface area contributed by atoms with Crippen LogP contribution in [-0.2, 0) is 6.18 Å². The molecule has 0 atom stereocenters. The van der Waals surface area contributed by atoms with E-state index >= 15 is 0 Å². The number of nitrogens with one attached hydrogen (secondary N) is 1. The SMILES string of the molecule is CC(C)Oc1nc(Nc2cccc(Br)c2)ncc1C(F)(F)F. The van der Waals surface area contributed by atoms with Crippen LogP contribution in [0.2, 0.25) is 0 Å². The highest BCUT2D eigenvalue weighted by molar-refractivity contribution is 9.10. The van der Waals surface area contributed by atoms with Crippen molar-refractivity contribution < 1.29 is 17.9 Å². The molecule has 0 bridgehead atoms. The van der Waals surface area contributed by atoms with Crippen molar-refractivity contribution in [3.05, 3.63) is 40.5 Å². The van der Waals surface area contributed by atoms with Crippen LogP contribution in [0.3, 0.4) is 0 Å². The van der Waals surface area contributed by atoms with E-state index in [1.54, 1.807) is 32.0 Å². The molecule has 0 aliphatic rings. The van der Waals surface area contributed by atoms with Gasteiger partial charge in [-0.15, -0.1) is 0 Å². The highest BCUT2D eigenvalue weighted by Crippen LogP contribution is 2.35. The summed E-state index contributed by atoms with van der Waals surface area (Å²) in [6, 6.07) is 7.10. The topological polar surface area (TPSA) is 47.0 Å². The molecule has 0 aliphatic heterocycles. The number of halogens is 4.